The van der Waals surface area contributed by atoms with Crippen LogP contribution >= 0.6 is 0 Å². The maximum absolute atomic E-state index is 13.5. The van der Waals surface area contributed by atoms with Crippen molar-refractivity contribution in [2.75, 3.05) is 5.73 Å². The number of hydrogen-bond donors (Lipinski definition) is 1. The molecule has 0 amide bonds. The predicted molar refractivity (Wildman–Crippen MR) is 67.3 cm³/mol. The zero-order valence-electron chi connectivity index (χ0n) is 9.70. The Labute approximate surface area is 110 Å². The van der Waals surface area contributed by atoms with Gasteiger partial charge in [-0.15, -0.1) is 0 Å². The predicted octanol–water partition coefficient (Wildman–Crippen LogP) is 2.99. The Morgan fingerprint density at radius 1 is 1.05 bits per heavy atom. The van der Waals surface area contributed by atoms with Crippen molar-refractivity contribution < 1.29 is 17.4 Å². The van der Waals surface area contributed by atoms with E-state index < -0.39 is 28.3 Å². The van der Waals surface area contributed by atoms with E-state index >= 15 is 0 Å². The Hall–Kier alpha value is -1.82. The van der Waals surface area contributed by atoms with Gasteiger partial charge in [0.2, 0.25) is 0 Å². The highest BCUT2D eigenvalue weighted by atomic mass is 32.2. The third-order valence-electron chi connectivity index (χ3n) is 2.57. The molecule has 6 heteroatoms. The number of halogens is 3. The molecule has 2 nitrogen and oxygen atoms in total. The van der Waals surface area contributed by atoms with Crippen molar-refractivity contribution in [2.24, 2.45) is 0 Å². The number of rotatable bonds is 3. The van der Waals surface area contributed by atoms with E-state index in [0.29, 0.717) is 0 Å². The first kappa shape index (κ1) is 13.6. The minimum atomic E-state index is -1.91. The van der Waals surface area contributed by atoms with Crippen molar-refractivity contribution in [3.05, 3.63) is 59.4 Å². The van der Waals surface area contributed by atoms with Gasteiger partial charge in [0.25, 0.3) is 0 Å². The van der Waals surface area contributed by atoms with Crippen LogP contribution in [0.25, 0.3) is 0 Å². The van der Waals surface area contributed by atoms with E-state index in [0.717, 1.165) is 18.2 Å². The molecule has 0 radical (unpaired) electrons. The average molecular weight is 285 g/mol. The van der Waals surface area contributed by atoms with Crippen LogP contribution in [0.4, 0.5) is 18.9 Å². The van der Waals surface area contributed by atoms with Crippen molar-refractivity contribution in [2.45, 2.75) is 10.6 Å². The van der Waals surface area contributed by atoms with Crippen molar-refractivity contribution >= 4 is 16.5 Å². The van der Waals surface area contributed by atoms with Crippen LogP contribution in [0, 0.1) is 17.5 Å². The molecule has 0 bridgehead atoms. The monoisotopic (exact) mass is 285 g/mol. The van der Waals surface area contributed by atoms with Gasteiger partial charge in [0.05, 0.1) is 21.4 Å². The summed E-state index contributed by atoms with van der Waals surface area (Å²) < 4.78 is 51.9. The number of benzene rings is 2. The second-order valence-corrected chi connectivity index (χ2v) is 5.29. The van der Waals surface area contributed by atoms with Gasteiger partial charge < -0.3 is 5.73 Å². The summed E-state index contributed by atoms with van der Waals surface area (Å²) in [5.74, 6) is -2.43. The van der Waals surface area contributed by atoms with Crippen LogP contribution in [-0.2, 0) is 16.6 Å². The van der Waals surface area contributed by atoms with Crippen molar-refractivity contribution in [1.29, 1.82) is 0 Å². The molecule has 0 aliphatic heterocycles. The SMILES string of the molecule is Nc1cccc(F)c1CS(=O)c1cc(F)ccc1F. The van der Waals surface area contributed by atoms with Crippen molar-refractivity contribution in [3.63, 3.8) is 0 Å². The number of anilines is 1. The molecule has 2 N–H and O–H groups in total. The largest absolute Gasteiger partial charge is 0.398 e. The summed E-state index contributed by atoms with van der Waals surface area (Å²) in [6, 6.07) is 6.69. The van der Waals surface area contributed by atoms with Gasteiger partial charge in [0.1, 0.15) is 17.5 Å². The summed E-state index contributed by atoms with van der Waals surface area (Å²) in [5.41, 5.74) is 5.74. The van der Waals surface area contributed by atoms with Gasteiger partial charge in [-0.3, -0.25) is 4.21 Å². The van der Waals surface area contributed by atoms with Crippen LogP contribution in [0.3, 0.4) is 0 Å². The van der Waals surface area contributed by atoms with Gasteiger partial charge in [-0.25, -0.2) is 13.2 Å². The molecule has 100 valence electrons. The molecule has 19 heavy (non-hydrogen) atoms. The van der Waals surface area contributed by atoms with E-state index in [9.17, 15) is 17.4 Å². The van der Waals surface area contributed by atoms with Gasteiger partial charge >= 0.3 is 0 Å². The van der Waals surface area contributed by atoms with Crippen LogP contribution < -0.4 is 5.73 Å². The molecule has 2 rings (SSSR count). The Balaban J connectivity index is 2.34. The van der Waals surface area contributed by atoms with Gasteiger partial charge in [0.15, 0.2) is 0 Å². The van der Waals surface area contributed by atoms with Gasteiger partial charge in [-0.1, -0.05) is 6.07 Å². The first-order chi connectivity index (χ1) is 8.99. The zero-order chi connectivity index (χ0) is 14.0. The molecule has 0 aromatic heterocycles. The first-order valence-corrected chi connectivity index (χ1v) is 6.67. The number of nitrogen functional groups attached to an aromatic ring is 1. The molecular formula is C13H10F3NOS. The maximum atomic E-state index is 13.5. The molecule has 0 saturated carbocycles. The lowest BCUT2D eigenvalue weighted by molar-refractivity contribution is 0.571. The molecule has 1 unspecified atom stereocenters. The highest BCUT2D eigenvalue weighted by molar-refractivity contribution is 7.84. The third kappa shape index (κ3) is 2.96. The van der Waals surface area contributed by atoms with E-state index in [1.807, 2.05) is 0 Å². The second-order valence-electron chi connectivity index (χ2n) is 3.87. The topological polar surface area (TPSA) is 43.1 Å². The van der Waals surface area contributed by atoms with E-state index in [1.54, 1.807) is 0 Å². The smallest absolute Gasteiger partial charge is 0.139 e. The Morgan fingerprint density at radius 3 is 2.47 bits per heavy atom. The van der Waals surface area contributed by atoms with Crippen molar-refractivity contribution in [3.8, 4) is 0 Å². The molecule has 0 fully saturated rings. The highest BCUT2D eigenvalue weighted by Crippen LogP contribution is 2.22. The molecule has 0 heterocycles. The molecule has 0 aliphatic rings. The van der Waals surface area contributed by atoms with E-state index in [1.165, 1.54) is 18.2 Å². The Bertz CT molecular complexity index is 626. The number of hydrogen-bond acceptors (Lipinski definition) is 2. The fourth-order valence-corrected chi connectivity index (χ4v) is 2.84. The van der Waals surface area contributed by atoms with Crippen LogP contribution in [0.15, 0.2) is 41.3 Å². The Morgan fingerprint density at radius 2 is 1.79 bits per heavy atom. The average Bonchev–Trinajstić information content (AvgIpc) is 2.37. The molecule has 0 aliphatic carbocycles. The lowest BCUT2D eigenvalue weighted by atomic mass is 10.2. The summed E-state index contributed by atoms with van der Waals surface area (Å²) in [4.78, 5) is -0.303. The fourth-order valence-electron chi connectivity index (χ4n) is 1.59. The normalized spacial score (nSPS) is 12.4. The zero-order valence-corrected chi connectivity index (χ0v) is 10.5. The maximum Gasteiger partial charge on any atom is 0.139 e. The van der Waals surface area contributed by atoms with E-state index in [2.05, 4.69) is 0 Å². The van der Waals surface area contributed by atoms with Crippen molar-refractivity contribution in [1.82, 2.24) is 0 Å². The third-order valence-corrected chi connectivity index (χ3v) is 3.92. The summed E-state index contributed by atoms with van der Waals surface area (Å²) in [6.07, 6.45) is 0. The Kier molecular flexibility index (Phi) is 3.90. The quantitative estimate of drug-likeness (QED) is 0.881. The molecule has 2 aromatic carbocycles. The summed E-state index contributed by atoms with van der Waals surface area (Å²) in [5, 5.41) is 0. The van der Waals surface area contributed by atoms with Gasteiger partial charge in [0, 0.05) is 11.3 Å². The lowest BCUT2D eigenvalue weighted by Gasteiger charge is -2.08. The minimum absolute atomic E-state index is 0.0319. The van der Waals surface area contributed by atoms with Crippen LogP contribution in [0.1, 0.15) is 5.56 Å². The van der Waals surface area contributed by atoms with Crippen LogP contribution in [-0.4, -0.2) is 4.21 Å². The van der Waals surface area contributed by atoms with Crippen LogP contribution in [0.2, 0.25) is 0 Å². The minimum Gasteiger partial charge on any atom is -0.398 e. The van der Waals surface area contributed by atoms with E-state index in [4.69, 9.17) is 5.73 Å². The first-order valence-electron chi connectivity index (χ1n) is 5.35. The molecule has 0 spiro atoms. The fraction of sp³-hybridized carbons (Fsp3) is 0.0769. The van der Waals surface area contributed by atoms with Crippen LogP contribution in [0.5, 0.6) is 0 Å². The second kappa shape index (κ2) is 5.44. The standard InChI is InChI=1S/C13H10F3NOS/c14-8-4-5-11(16)13(6-8)19(18)7-9-10(15)2-1-3-12(9)17/h1-6H,7,17H2. The van der Waals surface area contributed by atoms with Gasteiger partial charge in [-0.05, 0) is 30.3 Å². The molecule has 0 saturated heterocycles. The van der Waals surface area contributed by atoms with E-state index in [-0.39, 0.29) is 21.9 Å². The molecular weight excluding hydrogens is 275 g/mol. The molecule has 1 atom stereocenters. The summed E-state index contributed by atoms with van der Waals surface area (Å²) in [6.45, 7) is 0. The summed E-state index contributed by atoms with van der Waals surface area (Å²) >= 11 is 0. The number of nitrogens with two attached hydrogens (primary N) is 1. The highest BCUT2D eigenvalue weighted by Gasteiger charge is 2.15. The van der Waals surface area contributed by atoms with Gasteiger partial charge in [-0.2, -0.15) is 0 Å². The molecule has 2 aromatic rings. The summed E-state index contributed by atoms with van der Waals surface area (Å²) in [7, 11) is -1.91. The lowest BCUT2D eigenvalue weighted by Crippen LogP contribution is -2.05.